The first-order valence-electron chi connectivity index (χ1n) is 5.27. The van der Waals surface area contributed by atoms with E-state index in [0.29, 0.717) is 12.5 Å². The van der Waals surface area contributed by atoms with E-state index in [4.69, 9.17) is 10.3 Å². The molecule has 0 aromatic carbocycles. The minimum Gasteiger partial charge on any atom is -0.370 e. The molecule has 0 unspecified atom stereocenters. The maximum atomic E-state index is 5.70. The molecule has 2 rings (SSSR count). The van der Waals surface area contributed by atoms with E-state index in [-0.39, 0.29) is 0 Å². The fraction of sp³-hybridized carbons (Fsp3) is 0.600. The summed E-state index contributed by atoms with van der Waals surface area (Å²) >= 11 is 0. The first kappa shape index (κ1) is 10.0. The molecular weight excluding hydrogens is 192 g/mol. The Bertz CT molecular complexity index is 316. The number of nitrogens with zero attached hydrogens (tertiary/aromatic N) is 2. The summed E-state index contributed by atoms with van der Waals surface area (Å²) in [5.41, 5.74) is 6.49. The minimum absolute atomic E-state index is 0.472. The van der Waals surface area contributed by atoms with Crippen LogP contribution in [0.2, 0.25) is 0 Å². The van der Waals surface area contributed by atoms with Crippen molar-refractivity contribution in [2.24, 2.45) is 16.6 Å². The van der Waals surface area contributed by atoms with Crippen molar-refractivity contribution in [3.05, 3.63) is 18.0 Å². The van der Waals surface area contributed by atoms with Crippen LogP contribution in [-0.2, 0) is 6.54 Å². The number of nitrogens with one attached hydrogen (secondary N) is 1. The van der Waals surface area contributed by atoms with Gasteiger partial charge in [0.25, 0.3) is 0 Å². The summed E-state index contributed by atoms with van der Waals surface area (Å²) in [4.78, 5) is 4.16. The summed E-state index contributed by atoms with van der Waals surface area (Å²) < 4.78 is 4.69. The molecule has 0 saturated heterocycles. The number of aliphatic imine (C=N–C) groups is 1. The second-order valence-corrected chi connectivity index (χ2v) is 3.87. The van der Waals surface area contributed by atoms with E-state index in [0.717, 1.165) is 18.2 Å². The van der Waals surface area contributed by atoms with E-state index in [1.165, 1.54) is 25.5 Å². The molecule has 1 aliphatic carbocycles. The highest BCUT2D eigenvalue weighted by molar-refractivity contribution is 5.77. The number of hydrogen-bond acceptors (Lipinski definition) is 3. The Labute approximate surface area is 88.7 Å². The number of rotatable bonds is 4. The third kappa shape index (κ3) is 2.97. The molecule has 1 fully saturated rings. The zero-order valence-electron chi connectivity index (χ0n) is 8.65. The molecule has 3 N–H and O–H groups in total. The molecule has 15 heavy (non-hydrogen) atoms. The van der Waals surface area contributed by atoms with Crippen molar-refractivity contribution < 1.29 is 4.52 Å². The van der Waals surface area contributed by atoms with Gasteiger partial charge in [-0.15, -0.1) is 0 Å². The van der Waals surface area contributed by atoms with Crippen molar-refractivity contribution in [3.8, 4) is 0 Å². The summed E-state index contributed by atoms with van der Waals surface area (Å²) in [5.74, 6) is 1.27. The zero-order valence-corrected chi connectivity index (χ0v) is 8.65. The molecule has 82 valence electrons. The highest BCUT2D eigenvalue weighted by atomic mass is 16.5. The third-order valence-corrected chi connectivity index (χ3v) is 2.70. The van der Waals surface area contributed by atoms with E-state index in [2.05, 4.69) is 15.5 Å². The van der Waals surface area contributed by atoms with Gasteiger partial charge in [-0.2, -0.15) is 0 Å². The van der Waals surface area contributed by atoms with Crippen molar-refractivity contribution in [3.63, 3.8) is 0 Å². The highest BCUT2D eigenvalue weighted by Crippen LogP contribution is 2.24. The highest BCUT2D eigenvalue weighted by Gasteiger charge is 2.16. The fourth-order valence-corrected chi connectivity index (χ4v) is 1.49. The molecule has 1 heterocycles. The Kier molecular flexibility index (Phi) is 3.22. The van der Waals surface area contributed by atoms with Crippen LogP contribution in [0.4, 0.5) is 0 Å². The molecular formula is C10H16N4O. The van der Waals surface area contributed by atoms with Gasteiger partial charge in [0.1, 0.15) is 12.0 Å². The second-order valence-electron chi connectivity index (χ2n) is 3.87. The van der Waals surface area contributed by atoms with Crippen molar-refractivity contribution in [2.45, 2.75) is 25.8 Å². The number of hydrogen-bond donors (Lipinski definition) is 2. The van der Waals surface area contributed by atoms with E-state index >= 15 is 0 Å². The van der Waals surface area contributed by atoms with Gasteiger partial charge in [-0.1, -0.05) is 11.6 Å². The number of guanidine groups is 1. The van der Waals surface area contributed by atoms with E-state index in [9.17, 15) is 0 Å². The molecule has 0 atom stereocenters. The summed E-state index contributed by atoms with van der Waals surface area (Å²) in [6.07, 6.45) is 5.50. The van der Waals surface area contributed by atoms with E-state index < -0.39 is 0 Å². The van der Waals surface area contributed by atoms with Crippen LogP contribution in [-0.4, -0.2) is 17.7 Å². The Morgan fingerprint density at radius 2 is 2.53 bits per heavy atom. The standard InChI is InChI=1S/C10H16N4O/c11-10(12-6-8-2-1-3-8)13-7-9-4-5-15-14-9/h4-5,8H,1-3,6-7H2,(H3,11,12,13). The summed E-state index contributed by atoms with van der Waals surface area (Å²) in [6, 6.07) is 1.78. The summed E-state index contributed by atoms with van der Waals surface area (Å²) in [6.45, 7) is 1.41. The van der Waals surface area contributed by atoms with Crippen LogP contribution in [0.5, 0.6) is 0 Å². The Balaban J connectivity index is 1.69. The molecule has 0 radical (unpaired) electrons. The summed E-state index contributed by atoms with van der Waals surface area (Å²) in [7, 11) is 0. The molecule has 1 saturated carbocycles. The van der Waals surface area contributed by atoms with Crippen LogP contribution in [0.25, 0.3) is 0 Å². The molecule has 5 nitrogen and oxygen atoms in total. The lowest BCUT2D eigenvalue weighted by Crippen LogP contribution is -2.37. The molecule has 0 bridgehead atoms. The van der Waals surface area contributed by atoms with Gasteiger partial charge < -0.3 is 15.6 Å². The van der Waals surface area contributed by atoms with Gasteiger partial charge in [-0.05, 0) is 18.8 Å². The van der Waals surface area contributed by atoms with E-state index in [1.807, 2.05) is 0 Å². The lowest BCUT2D eigenvalue weighted by Gasteiger charge is -2.25. The van der Waals surface area contributed by atoms with Crippen LogP contribution in [0.3, 0.4) is 0 Å². The maximum Gasteiger partial charge on any atom is 0.188 e. The van der Waals surface area contributed by atoms with Crippen LogP contribution in [0.15, 0.2) is 21.8 Å². The molecule has 1 aliphatic rings. The minimum atomic E-state index is 0.472. The third-order valence-electron chi connectivity index (χ3n) is 2.70. The van der Waals surface area contributed by atoms with Crippen molar-refractivity contribution in [1.82, 2.24) is 10.5 Å². The normalized spacial score (nSPS) is 17.5. The smallest absolute Gasteiger partial charge is 0.188 e. The molecule has 1 aromatic heterocycles. The van der Waals surface area contributed by atoms with Crippen LogP contribution >= 0.6 is 0 Å². The molecule has 0 aliphatic heterocycles. The van der Waals surface area contributed by atoms with Gasteiger partial charge in [0.15, 0.2) is 5.96 Å². The first-order chi connectivity index (χ1) is 7.34. The van der Waals surface area contributed by atoms with Crippen molar-refractivity contribution in [1.29, 1.82) is 0 Å². The number of nitrogens with two attached hydrogens (primary N) is 1. The van der Waals surface area contributed by atoms with Crippen LogP contribution < -0.4 is 11.1 Å². The quantitative estimate of drug-likeness (QED) is 0.569. The van der Waals surface area contributed by atoms with Crippen molar-refractivity contribution >= 4 is 5.96 Å². The Morgan fingerprint density at radius 1 is 1.67 bits per heavy atom. The lowest BCUT2D eigenvalue weighted by molar-refractivity contribution is 0.315. The molecule has 1 aromatic rings. The monoisotopic (exact) mass is 208 g/mol. The fourth-order valence-electron chi connectivity index (χ4n) is 1.49. The van der Waals surface area contributed by atoms with Gasteiger partial charge in [0.05, 0.1) is 6.54 Å². The average molecular weight is 208 g/mol. The average Bonchev–Trinajstić information content (AvgIpc) is 2.64. The number of aromatic nitrogens is 1. The lowest BCUT2D eigenvalue weighted by atomic mass is 9.85. The molecule has 5 heteroatoms. The SMILES string of the molecule is NC(=NCc1ccon1)NCC1CCC1. The largest absolute Gasteiger partial charge is 0.370 e. The van der Waals surface area contributed by atoms with Crippen LogP contribution in [0.1, 0.15) is 25.0 Å². The van der Waals surface area contributed by atoms with Gasteiger partial charge in [-0.25, -0.2) is 4.99 Å². The second kappa shape index (κ2) is 4.82. The first-order valence-corrected chi connectivity index (χ1v) is 5.27. The van der Waals surface area contributed by atoms with Gasteiger partial charge in [0.2, 0.25) is 0 Å². The van der Waals surface area contributed by atoms with E-state index in [1.54, 1.807) is 6.07 Å². The van der Waals surface area contributed by atoms with Crippen LogP contribution in [0, 0.1) is 5.92 Å². The Hall–Kier alpha value is -1.52. The summed E-state index contributed by atoms with van der Waals surface area (Å²) in [5, 5.41) is 6.86. The molecule has 0 spiro atoms. The predicted octanol–water partition coefficient (Wildman–Crippen LogP) is 0.879. The zero-order chi connectivity index (χ0) is 10.5. The maximum absolute atomic E-state index is 5.70. The Morgan fingerprint density at radius 3 is 3.13 bits per heavy atom. The molecule has 0 amide bonds. The van der Waals surface area contributed by atoms with Gasteiger partial charge >= 0.3 is 0 Å². The predicted molar refractivity (Wildman–Crippen MR) is 57.2 cm³/mol. The van der Waals surface area contributed by atoms with Crippen molar-refractivity contribution in [2.75, 3.05) is 6.54 Å². The van der Waals surface area contributed by atoms with Gasteiger partial charge in [-0.3, -0.25) is 0 Å². The topological polar surface area (TPSA) is 76.4 Å². The van der Waals surface area contributed by atoms with Gasteiger partial charge in [0, 0.05) is 12.6 Å².